The van der Waals surface area contributed by atoms with Crippen LogP contribution in [0.1, 0.15) is 30.2 Å². The average molecular weight is 195 g/mol. The van der Waals surface area contributed by atoms with E-state index in [0.29, 0.717) is 5.69 Å². The SMILES string of the molecule is CCCc1cnc(CO)c(C)c1OC. The van der Waals surface area contributed by atoms with Crippen molar-refractivity contribution < 1.29 is 9.84 Å². The molecule has 0 radical (unpaired) electrons. The van der Waals surface area contributed by atoms with Crippen LogP contribution in [0.2, 0.25) is 0 Å². The van der Waals surface area contributed by atoms with Gasteiger partial charge in [0.05, 0.1) is 19.4 Å². The van der Waals surface area contributed by atoms with Crippen LogP contribution in [0.25, 0.3) is 0 Å². The minimum Gasteiger partial charge on any atom is -0.496 e. The summed E-state index contributed by atoms with van der Waals surface area (Å²) in [6, 6.07) is 0. The molecule has 1 rings (SSSR count). The molecule has 0 fully saturated rings. The molecule has 0 aliphatic rings. The molecule has 0 spiro atoms. The fourth-order valence-electron chi connectivity index (χ4n) is 1.57. The van der Waals surface area contributed by atoms with E-state index in [9.17, 15) is 0 Å². The van der Waals surface area contributed by atoms with Gasteiger partial charge in [0.1, 0.15) is 5.75 Å². The van der Waals surface area contributed by atoms with Gasteiger partial charge in [0, 0.05) is 17.3 Å². The molecule has 0 saturated heterocycles. The van der Waals surface area contributed by atoms with Gasteiger partial charge in [-0.3, -0.25) is 4.98 Å². The highest BCUT2D eigenvalue weighted by Crippen LogP contribution is 2.25. The number of rotatable bonds is 4. The summed E-state index contributed by atoms with van der Waals surface area (Å²) in [7, 11) is 1.66. The number of pyridine rings is 1. The molecular weight excluding hydrogens is 178 g/mol. The second-order valence-corrected chi connectivity index (χ2v) is 3.30. The van der Waals surface area contributed by atoms with Crippen molar-refractivity contribution in [1.29, 1.82) is 0 Å². The maximum Gasteiger partial charge on any atom is 0.128 e. The fourth-order valence-corrected chi connectivity index (χ4v) is 1.57. The Hall–Kier alpha value is -1.09. The highest BCUT2D eigenvalue weighted by Gasteiger charge is 2.10. The van der Waals surface area contributed by atoms with Gasteiger partial charge in [-0.25, -0.2) is 0 Å². The van der Waals surface area contributed by atoms with Crippen molar-refractivity contribution in [3.8, 4) is 5.75 Å². The quantitative estimate of drug-likeness (QED) is 0.797. The first-order valence-corrected chi connectivity index (χ1v) is 4.86. The molecule has 78 valence electrons. The van der Waals surface area contributed by atoms with Gasteiger partial charge in [0.2, 0.25) is 0 Å². The Bertz CT molecular complexity index is 310. The van der Waals surface area contributed by atoms with Crippen LogP contribution < -0.4 is 4.74 Å². The summed E-state index contributed by atoms with van der Waals surface area (Å²) in [4.78, 5) is 4.19. The van der Waals surface area contributed by atoms with Crippen LogP contribution in [0.3, 0.4) is 0 Å². The summed E-state index contributed by atoms with van der Waals surface area (Å²) in [5, 5.41) is 9.04. The standard InChI is InChI=1S/C11H17NO2/c1-4-5-9-6-12-10(7-13)8(2)11(9)14-3/h6,13H,4-5,7H2,1-3H3. The summed E-state index contributed by atoms with van der Waals surface area (Å²) in [6.07, 6.45) is 3.82. The van der Waals surface area contributed by atoms with Gasteiger partial charge in [0.25, 0.3) is 0 Å². The number of ether oxygens (including phenoxy) is 1. The number of methoxy groups -OCH3 is 1. The van der Waals surface area contributed by atoms with Crippen LogP contribution in [0, 0.1) is 6.92 Å². The van der Waals surface area contributed by atoms with E-state index in [4.69, 9.17) is 9.84 Å². The number of aliphatic hydroxyl groups is 1. The summed E-state index contributed by atoms with van der Waals surface area (Å²) in [5.74, 6) is 0.867. The topological polar surface area (TPSA) is 42.4 Å². The van der Waals surface area contributed by atoms with Crippen molar-refractivity contribution in [2.45, 2.75) is 33.3 Å². The van der Waals surface area contributed by atoms with Crippen molar-refractivity contribution in [2.75, 3.05) is 7.11 Å². The molecule has 3 nitrogen and oxygen atoms in total. The normalized spacial score (nSPS) is 10.3. The minimum absolute atomic E-state index is 0.0331. The third-order valence-electron chi connectivity index (χ3n) is 2.31. The lowest BCUT2D eigenvalue weighted by molar-refractivity contribution is 0.274. The lowest BCUT2D eigenvalue weighted by Gasteiger charge is -2.12. The zero-order valence-electron chi connectivity index (χ0n) is 9.00. The van der Waals surface area contributed by atoms with E-state index in [0.717, 1.165) is 29.7 Å². The first-order valence-electron chi connectivity index (χ1n) is 4.86. The lowest BCUT2D eigenvalue weighted by Crippen LogP contribution is -2.01. The second kappa shape index (κ2) is 4.96. The monoisotopic (exact) mass is 195 g/mol. The Labute approximate surface area is 84.7 Å². The predicted molar refractivity (Wildman–Crippen MR) is 55.4 cm³/mol. The Kier molecular flexibility index (Phi) is 3.89. The largest absolute Gasteiger partial charge is 0.496 e. The van der Waals surface area contributed by atoms with Crippen molar-refractivity contribution in [2.24, 2.45) is 0 Å². The smallest absolute Gasteiger partial charge is 0.128 e. The van der Waals surface area contributed by atoms with Gasteiger partial charge in [-0.2, -0.15) is 0 Å². The zero-order chi connectivity index (χ0) is 10.6. The molecule has 3 heteroatoms. The first kappa shape index (κ1) is 11.0. The molecule has 0 amide bonds. The number of hydrogen-bond acceptors (Lipinski definition) is 3. The number of aliphatic hydroxyl groups excluding tert-OH is 1. The van der Waals surface area contributed by atoms with E-state index in [1.165, 1.54) is 0 Å². The number of nitrogens with zero attached hydrogens (tertiary/aromatic N) is 1. The number of hydrogen-bond donors (Lipinski definition) is 1. The molecule has 1 N–H and O–H groups in total. The molecule has 1 heterocycles. The van der Waals surface area contributed by atoms with E-state index in [1.807, 2.05) is 6.92 Å². The van der Waals surface area contributed by atoms with Crippen molar-refractivity contribution in [3.63, 3.8) is 0 Å². The number of aromatic nitrogens is 1. The van der Waals surface area contributed by atoms with Crippen molar-refractivity contribution in [3.05, 3.63) is 23.0 Å². The summed E-state index contributed by atoms with van der Waals surface area (Å²) in [6.45, 7) is 4.01. The predicted octanol–water partition coefficient (Wildman–Crippen LogP) is 1.84. The van der Waals surface area contributed by atoms with Crippen molar-refractivity contribution in [1.82, 2.24) is 4.98 Å². The molecule has 1 aromatic heterocycles. The third kappa shape index (κ3) is 2.04. The van der Waals surface area contributed by atoms with Crippen molar-refractivity contribution >= 4 is 0 Å². The van der Waals surface area contributed by atoms with Gasteiger partial charge in [-0.15, -0.1) is 0 Å². The molecule has 0 aliphatic carbocycles. The van der Waals surface area contributed by atoms with Gasteiger partial charge < -0.3 is 9.84 Å². The molecular formula is C11H17NO2. The molecule has 0 atom stereocenters. The summed E-state index contributed by atoms with van der Waals surface area (Å²) >= 11 is 0. The van der Waals surface area contributed by atoms with Crippen LogP contribution in [0.5, 0.6) is 5.75 Å². The van der Waals surface area contributed by atoms with Gasteiger partial charge >= 0.3 is 0 Å². The molecule has 14 heavy (non-hydrogen) atoms. The van der Waals surface area contributed by atoms with Crippen LogP contribution in [-0.4, -0.2) is 17.2 Å². The van der Waals surface area contributed by atoms with Gasteiger partial charge in [-0.05, 0) is 13.3 Å². The van der Waals surface area contributed by atoms with Crippen LogP contribution in [0.4, 0.5) is 0 Å². The van der Waals surface area contributed by atoms with Crippen LogP contribution in [0.15, 0.2) is 6.20 Å². The van der Waals surface area contributed by atoms with E-state index >= 15 is 0 Å². The van der Waals surface area contributed by atoms with E-state index < -0.39 is 0 Å². The second-order valence-electron chi connectivity index (χ2n) is 3.30. The highest BCUT2D eigenvalue weighted by molar-refractivity contribution is 5.41. The molecule has 0 unspecified atom stereocenters. The molecule has 0 aliphatic heterocycles. The highest BCUT2D eigenvalue weighted by atomic mass is 16.5. The van der Waals surface area contributed by atoms with E-state index in [1.54, 1.807) is 13.3 Å². The molecule has 0 bridgehead atoms. The Morgan fingerprint density at radius 1 is 1.50 bits per heavy atom. The third-order valence-corrected chi connectivity index (χ3v) is 2.31. The van der Waals surface area contributed by atoms with Gasteiger partial charge in [-0.1, -0.05) is 13.3 Å². The fraction of sp³-hybridized carbons (Fsp3) is 0.545. The van der Waals surface area contributed by atoms with E-state index in [2.05, 4.69) is 11.9 Å². The lowest BCUT2D eigenvalue weighted by atomic mass is 10.1. The molecule has 0 aromatic carbocycles. The van der Waals surface area contributed by atoms with Crippen LogP contribution >= 0.6 is 0 Å². The molecule has 1 aromatic rings. The van der Waals surface area contributed by atoms with Gasteiger partial charge in [0.15, 0.2) is 0 Å². The number of aryl methyl sites for hydroxylation is 1. The summed E-state index contributed by atoms with van der Waals surface area (Å²) in [5.41, 5.74) is 2.76. The molecule has 0 saturated carbocycles. The Morgan fingerprint density at radius 2 is 2.21 bits per heavy atom. The Balaban J connectivity index is 3.14. The maximum absolute atomic E-state index is 9.04. The average Bonchev–Trinajstić information content (AvgIpc) is 2.19. The summed E-state index contributed by atoms with van der Waals surface area (Å²) < 4.78 is 5.32. The zero-order valence-corrected chi connectivity index (χ0v) is 9.00. The Morgan fingerprint density at radius 3 is 2.71 bits per heavy atom. The maximum atomic E-state index is 9.04. The minimum atomic E-state index is -0.0331. The van der Waals surface area contributed by atoms with E-state index in [-0.39, 0.29) is 6.61 Å². The first-order chi connectivity index (χ1) is 6.74. The van der Waals surface area contributed by atoms with Crippen LogP contribution in [-0.2, 0) is 13.0 Å².